The van der Waals surface area contributed by atoms with E-state index in [1.54, 1.807) is 6.08 Å². The molecule has 3 aromatic rings. The standard InChI is InChI=1S/C29H29ClN2O3.ClH/c1-19(2)35-24-15-11-21(12-16-24)25(20-9-13-22(30)14-10-20)5-3-8-29(34)32-28-7-4-6-27-26(28)17-23(33)18-31-27;/h3-16,19,23,31,33H,17-18H2,1-2H3,(H,32,34);1H. The molecule has 1 atom stereocenters. The Morgan fingerprint density at radius 2 is 1.75 bits per heavy atom. The number of halogens is 2. The Morgan fingerprint density at radius 1 is 1.08 bits per heavy atom. The second-order valence-electron chi connectivity index (χ2n) is 8.70. The maximum Gasteiger partial charge on any atom is 0.248 e. The van der Waals surface area contributed by atoms with Gasteiger partial charge >= 0.3 is 0 Å². The van der Waals surface area contributed by atoms with Crippen LogP contribution in [-0.4, -0.2) is 29.8 Å². The van der Waals surface area contributed by atoms with Crippen LogP contribution in [0.5, 0.6) is 5.75 Å². The number of rotatable bonds is 7. The van der Waals surface area contributed by atoms with Gasteiger partial charge in [0.2, 0.25) is 5.91 Å². The number of nitrogens with one attached hydrogen (secondary N) is 2. The highest BCUT2D eigenvalue weighted by Gasteiger charge is 2.19. The minimum atomic E-state index is -0.474. The van der Waals surface area contributed by atoms with Crippen molar-refractivity contribution < 1.29 is 14.6 Å². The second-order valence-corrected chi connectivity index (χ2v) is 9.13. The van der Waals surface area contributed by atoms with Gasteiger partial charge < -0.3 is 20.5 Å². The highest BCUT2D eigenvalue weighted by atomic mass is 35.5. The number of anilines is 2. The van der Waals surface area contributed by atoms with E-state index in [9.17, 15) is 9.90 Å². The lowest BCUT2D eigenvalue weighted by molar-refractivity contribution is -0.111. The van der Waals surface area contributed by atoms with Crippen LogP contribution in [0.3, 0.4) is 0 Å². The average molecular weight is 525 g/mol. The van der Waals surface area contributed by atoms with Crippen LogP contribution in [0.2, 0.25) is 5.02 Å². The Morgan fingerprint density at radius 3 is 2.42 bits per heavy atom. The zero-order chi connectivity index (χ0) is 24.8. The molecule has 1 amide bonds. The van der Waals surface area contributed by atoms with Gasteiger partial charge in [0.05, 0.1) is 12.2 Å². The highest BCUT2D eigenvalue weighted by molar-refractivity contribution is 6.30. The highest BCUT2D eigenvalue weighted by Crippen LogP contribution is 2.29. The molecule has 0 spiro atoms. The minimum Gasteiger partial charge on any atom is -0.491 e. The summed E-state index contributed by atoms with van der Waals surface area (Å²) < 4.78 is 5.76. The number of aliphatic hydroxyl groups is 1. The van der Waals surface area contributed by atoms with Crippen LogP contribution >= 0.6 is 24.0 Å². The Bertz CT molecular complexity index is 1240. The molecule has 0 radical (unpaired) electrons. The molecule has 5 nitrogen and oxygen atoms in total. The summed E-state index contributed by atoms with van der Waals surface area (Å²) in [6.45, 7) is 4.49. The van der Waals surface area contributed by atoms with Crippen molar-refractivity contribution in [3.8, 4) is 5.75 Å². The van der Waals surface area contributed by atoms with Gasteiger partial charge in [-0.3, -0.25) is 4.79 Å². The van der Waals surface area contributed by atoms with Crippen LogP contribution in [0.4, 0.5) is 11.4 Å². The molecule has 36 heavy (non-hydrogen) atoms. The van der Waals surface area contributed by atoms with Crippen molar-refractivity contribution in [1.29, 1.82) is 0 Å². The molecule has 1 heterocycles. The molecular weight excluding hydrogens is 495 g/mol. The zero-order valence-corrected chi connectivity index (χ0v) is 21.8. The first-order valence-electron chi connectivity index (χ1n) is 11.7. The van der Waals surface area contributed by atoms with Crippen molar-refractivity contribution in [1.82, 2.24) is 0 Å². The summed E-state index contributed by atoms with van der Waals surface area (Å²) in [5.74, 6) is 0.561. The van der Waals surface area contributed by atoms with Crippen LogP contribution in [-0.2, 0) is 11.2 Å². The number of β-amino-alcohol motifs (C(OH)–C–C–N with tert-alkyl or cyclic N) is 1. The van der Waals surface area contributed by atoms with Crippen LogP contribution in [0, 0.1) is 0 Å². The lowest BCUT2D eigenvalue weighted by Crippen LogP contribution is -2.28. The summed E-state index contributed by atoms with van der Waals surface area (Å²) in [6, 6.07) is 21.2. The summed E-state index contributed by atoms with van der Waals surface area (Å²) in [5, 5.41) is 16.8. The van der Waals surface area contributed by atoms with Crippen LogP contribution in [0.25, 0.3) is 5.57 Å². The quantitative estimate of drug-likeness (QED) is 0.243. The van der Waals surface area contributed by atoms with Crippen LogP contribution in [0.1, 0.15) is 30.5 Å². The van der Waals surface area contributed by atoms with Gasteiger partial charge in [0.15, 0.2) is 0 Å². The third kappa shape index (κ3) is 7.14. The fourth-order valence-electron chi connectivity index (χ4n) is 4.00. The number of hydrogen-bond acceptors (Lipinski definition) is 4. The lowest BCUT2D eigenvalue weighted by atomic mass is 9.97. The van der Waals surface area contributed by atoms with E-state index in [2.05, 4.69) is 10.6 Å². The van der Waals surface area contributed by atoms with Gasteiger partial charge in [-0.15, -0.1) is 12.4 Å². The molecule has 4 rings (SSSR count). The van der Waals surface area contributed by atoms with Gasteiger partial charge in [0.1, 0.15) is 5.75 Å². The number of carbonyl (C=O) groups is 1. The third-order valence-corrected chi connectivity index (χ3v) is 5.86. The van der Waals surface area contributed by atoms with Crippen molar-refractivity contribution in [3.63, 3.8) is 0 Å². The molecule has 0 saturated heterocycles. The van der Waals surface area contributed by atoms with E-state index in [0.29, 0.717) is 23.7 Å². The summed E-state index contributed by atoms with van der Waals surface area (Å²) in [4.78, 5) is 12.7. The molecular formula is C29H30Cl2N2O3. The number of ether oxygens (including phenoxy) is 1. The fraction of sp³-hybridized carbons (Fsp3) is 0.207. The molecule has 1 aliphatic heterocycles. The molecule has 0 bridgehead atoms. The van der Waals surface area contributed by atoms with Gasteiger partial charge in [-0.05, 0) is 66.9 Å². The summed E-state index contributed by atoms with van der Waals surface area (Å²) in [6.07, 6.45) is 5.27. The summed E-state index contributed by atoms with van der Waals surface area (Å²) in [7, 11) is 0. The van der Waals surface area contributed by atoms with Crippen molar-refractivity contribution >= 4 is 46.9 Å². The van der Waals surface area contributed by atoms with E-state index >= 15 is 0 Å². The smallest absolute Gasteiger partial charge is 0.248 e. The number of fused-ring (bicyclic) bond motifs is 1. The average Bonchev–Trinajstić information content (AvgIpc) is 2.83. The number of aliphatic hydroxyl groups excluding tert-OH is 1. The molecule has 0 aromatic heterocycles. The summed E-state index contributed by atoms with van der Waals surface area (Å²) >= 11 is 6.09. The number of carbonyl (C=O) groups excluding carboxylic acids is 1. The SMILES string of the molecule is CC(C)Oc1ccc(C(=CC=CC(=O)Nc2cccc3c2CC(O)CN3)c2ccc(Cl)cc2)cc1.Cl. The lowest BCUT2D eigenvalue weighted by Gasteiger charge is -2.24. The maximum atomic E-state index is 12.7. The largest absolute Gasteiger partial charge is 0.491 e. The summed E-state index contributed by atoms with van der Waals surface area (Å²) in [5.41, 5.74) is 5.47. The van der Waals surface area contributed by atoms with E-state index in [4.69, 9.17) is 16.3 Å². The van der Waals surface area contributed by atoms with E-state index < -0.39 is 6.10 Å². The van der Waals surface area contributed by atoms with E-state index in [1.165, 1.54) is 6.08 Å². The number of hydrogen-bond donors (Lipinski definition) is 3. The molecule has 0 aliphatic carbocycles. The normalized spacial score (nSPS) is 15.1. The molecule has 3 aromatic carbocycles. The van der Waals surface area contributed by atoms with Crippen LogP contribution in [0.15, 0.2) is 85.0 Å². The number of benzene rings is 3. The minimum absolute atomic E-state index is 0. The van der Waals surface area contributed by atoms with Gasteiger partial charge in [-0.2, -0.15) is 0 Å². The molecule has 0 saturated carbocycles. The number of amides is 1. The first kappa shape index (κ1) is 27.3. The van der Waals surface area contributed by atoms with E-state index in [1.807, 2.05) is 86.7 Å². The topological polar surface area (TPSA) is 70.6 Å². The molecule has 1 unspecified atom stereocenters. The first-order valence-corrected chi connectivity index (χ1v) is 12.0. The first-order chi connectivity index (χ1) is 16.9. The Kier molecular flexibility index (Phi) is 9.59. The number of allylic oxidation sites excluding steroid dienone is 2. The van der Waals surface area contributed by atoms with Gasteiger partial charge in [-0.1, -0.05) is 54.1 Å². The Labute approximate surface area is 223 Å². The second kappa shape index (κ2) is 12.6. The Hall–Kier alpha value is -3.25. The van der Waals surface area contributed by atoms with Crippen LogP contribution < -0.4 is 15.4 Å². The molecule has 3 N–H and O–H groups in total. The van der Waals surface area contributed by atoms with Gasteiger partial charge in [0.25, 0.3) is 0 Å². The van der Waals surface area contributed by atoms with Crippen molar-refractivity contribution in [2.45, 2.75) is 32.5 Å². The monoisotopic (exact) mass is 524 g/mol. The molecule has 1 aliphatic rings. The predicted molar refractivity (Wildman–Crippen MR) is 150 cm³/mol. The molecule has 7 heteroatoms. The van der Waals surface area contributed by atoms with Crippen molar-refractivity contribution in [3.05, 3.63) is 107 Å². The maximum absolute atomic E-state index is 12.7. The van der Waals surface area contributed by atoms with Gasteiger partial charge in [0, 0.05) is 41.0 Å². The van der Waals surface area contributed by atoms with Crippen molar-refractivity contribution in [2.75, 3.05) is 17.2 Å². The van der Waals surface area contributed by atoms with Gasteiger partial charge in [-0.25, -0.2) is 0 Å². The zero-order valence-electron chi connectivity index (χ0n) is 20.2. The van der Waals surface area contributed by atoms with Crippen molar-refractivity contribution in [2.24, 2.45) is 0 Å². The van der Waals surface area contributed by atoms with E-state index in [-0.39, 0.29) is 24.4 Å². The predicted octanol–water partition coefficient (Wildman–Crippen LogP) is 6.50. The Balaban J connectivity index is 0.00000361. The van der Waals surface area contributed by atoms with E-state index in [0.717, 1.165) is 33.7 Å². The third-order valence-electron chi connectivity index (χ3n) is 5.60. The molecule has 188 valence electrons. The fourth-order valence-corrected chi connectivity index (χ4v) is 4.13. The molecule has 0 fully saturated rings.